The van der Waals surface area contributed by atoms with Gasteiger partial charge in [-0.3, -0.25) is 9.63 Å². The number of carbonyl (C=O) groups excluding carboxylic acids is 1. The van der Waals surface area contributed by atoms with Crippen LogP contribution in [0.2, 0.25) is 0 Å². The van der Waals surface area contributed by atoms with Gasteiger partial charge in [0.15, 0.2) is 0 Å². The first kappa shape index (κ1) is 13.3. The second-order valence-electron chi connectivity index (χ2n) is 4.09. The van der Waals surface area contributed by atoms with Gasteiger partial charge in [-0.15, -0.1) is 0 Å². The molecule has 5 heteroatoms. The van der Waals surface area contributed by atoms with Gasteiger partial charge in [0.1, 0.15) is 5.75 Å². The highest BCUT2D eigenvalue weighted by Crippen LogP contribution is 2.20. The van der Waals surface area contributed by atoms with Crippen molar-refractivity contribution in [2.24, 2.45) is 5.92 Å². The molecule has 3 N–H and O–H groups in total. The lowest BCUT2D eigenvalue weighted by molar-refractivity contribution is 0.0538. The zero-order valence-electron chi connectivity index (χ0n) is 10.3. The van der Waals surface area contributed by atoms with E-state index in [0.717, 1.165) is 0 Å². The van der Waals surface area contributed by atoms with E-state index in [-0.39, 0.29) is 5.91 Å². The lowest BCUT2D eigenvalue weighted by Crippen LogP contribution is -2.23. The van der Waals surface area contributed by atoms with Gasteiger partial charge >= 0.3 is 0 Å². The van der Waals surface area contributed by atoms with Crippen LogP contribution in [-0.2, 0) is 4.84 Å². The van der Waals surface area contributed by atoms with Crippen LogP contribution in [0, 0.1) is 5.92 Å². The Hall–Kier alpha value is -1.75. The highest BCUT2D eigenvalue weighted by molar-refractivity contribution is 5.98. The summed E-state index contributed by atoms with van der Waals surface area (Å²) in [6, 6.07) is 4.98. The Morgan fingerprint density at radius 3 is 2.76 bits per heavy atom. The van der Waals surface area contributed by atoms with Crippen LogP contribution in [0.4, 0.5) is 5.69 Å². The van der Waals surface area contributed by atoms with Crippen LogP contribution in [0.5, 0.6) is 5.75 Å². The fourth-order valence-electron chi connectivity index (χ4n) is 1.23. The molecule has 1 aromatic rings. The number of hydroxylamine groups is 1. The molecule has 0 radical (unpaired) electrons. The number of ether oxygens (including phenoxy) is 1. The minimum atomic E-state index is -0.389. The molecule has 0 saturated carbocycles. The second kappa shape index (κ2) is 6.10. The SMILES string of the molecule is CONC(=O)c1cc(OCC(C)C)ccc1N. The molecule has 0 saturated heterocycles. The summed E-state index contributed by atoms with van der Waals surface area (Å²) in [6.45, 7) is 4.70. The van der Waals surface area contributed by atoms with Gasteiger partial charge in [-0.25, -0.2) is 5.48 Å². The summed E-state index contributed by atoms with van der Waals surface area (Å²) in [4.78, 5) is 16.1. The van der Waals surface area contributed by atoms with Crippen molar-refractivity contribution in [3.8, 4) is 5.75 Å². The van der Waals surface area contributed by atoms with Gasteiger partial charge < -0.3 is 10.5 Å². The smallest absolute Gasteiger partial charge is 0.277 e. The third-order valence-electron chi connectivity index (χ3n) is 2.05. The second-order valence-corrected chi connectivity index (χ2v) is 4.09. The average Bonchev–Trinajstić information content (AvgIpc) is 2.28. The molecule has 1 aromatic carbocycles. The fraction of sp³-hybridized carbons (Fsp3) is 0.417. The van der Waals surface area contributed by atoms with Crippen LogP contribution in [0.1, 0.15) is 24.2 Å². The lowest BCUT2D eigenvalue weighted by Gasteiger charge is -2.11. The summed E-state index contributed by atoms with van der Waals surface area (Å²) < 4.78 is 5.52. The van der Waals surface area contributed by atoms with E-state index in [4.69, 9.17) is 10.5 Å². The van der Waals surface area contributed by atoms with E-state index in [1.807, 2.05) is 0 Å². The molecule has 0 bridgehead atoms. The van der Waals surface area contributed by atoms with E-state index < -0.39 is 0 Å². The molecular formula is C12H18N2O3. The Morgan fingerprint density at radius 1 is 1.47 bits per heavy atom. The summed E-state index contributed by atoms with van der Waals surface area (Å²) in [7, 11) is 1.37. The third-order valence-corrected chi connectivity index (χ3v) is 2.05. The molecule has 0 aliphatic carbocycles. The van der Waals surface area contributed by atoms with Crippen molar-refractivity contribution in [3.63, 3.8) is 0 Å². The van der Waals surface area contributed by atoms with E-state index in [0.29, 0.717) is 29.5 Å². The zero-order valence-corrected chi connectivity index (χ0v) is 10.3. The Kier molecular flexibility index (Phi) is 4.78. The average molecular weight is 238 g/mol. The van der Waals surface area contributed by atoms with Crippen molar-refractivity contribution in [1.82, 2.24) is 5.48 Å². The molecule has 0 aromatic heterocycles. The molecule has 1 amide bonds. The van der Waals surface area contributed by atoms with E-state index in [9.17, 15) is 4.79 Å². The maximum atomic E-state index is 11.6. The van der Waals surface area contributed by atoms with Gasteiger partial charge in [0, 0.05) is 5.69 Å². The first-order valence-corrected chi connectivity index (χ1v) is 5.40. The first-order valence-electron chi connectivity index (χ1n) is 5.40. The summed E-state index contributed by atoms with van der Waals surface area (Å²) in [6.07, 6.45) is 0. The monoisotopic (exact) mass is 238 g/mol. The predicted octanol–water partition coefficient (Wildman–Crippen LogP) is 1.59. The van der Waals surface area contributed by atoms with Crippen LogP contribution in [0.15, 0.2) is 18.2 Å². The lowest BCUT2D eigenvalue weighted by atomic mass is 10.1. The van der Waals surface area contributed by atoms with Gasteiger partial charge in [0.2, 0.25) is 0 Å². The van der Waals surface area contributed by atoms with Crippen LogP contribution < -0.4 is 16.0 Å². The number of amides is 1. The predicted molar refractivity (Wildman–Crippen MR) is 65.7 cm³/mol. The Balaban J connectivity index is 2.82. The number of hydrogen-bond donors (Lipinski definition) is 2. The molecular weight excluding hydrogens is 220 g/mol. The van der Waals surface area contributed by atoms with Crippen LogP contribution in [-0.4, -0.2) is 19.6 Å². The van der Waals surface area contributed by atoms with Crippen LogP contribution >= 0.6 is 0 Å². The normalized spacial score (nSPS) is 10.4. The number of nitrogens with one attached hydrogen (secondary N) is 1. The van der Waals surface area contributed by atoms with E-state index in [2.05, 4.69) is 24.2 Å². The van der Waals surface area contributed by atoms with Crippen LogP contribution in [0.3, 0.4) is 0 Å². The van der Waals surface area contributed by atoms with E-state index >= 15 is 0 Å². The molecule has 17 heavy (non-hydrogen) atoms. The topological polar surface area (TPSA) is 73.6 Å². The van der Waals surface area contributed by atoms with Crippen molar-refractivity contribution in [3.05, 3.63) is 23.8 Å². The molecule has 0 unspecified atom stereocenters. The number of nitrogens with two attached hydrogens (primary N) is 1. The fourth-order valence-corrected chi connectivity index (χ4v) is 1.23. The number of anilines is 1. The van der Waals surface area contributed by atoms with Gasteiger partial charge in [-0.1, -0.05) is 13.8 Å². The minimum absolute atomic E-state index is 0.341. The van der Waals surface area contributed by atoms with E-state index in [1.165, 1.54) is 7.11 Å². The van der Waals surface area contributed by atoms with Crippen molar-refractivity contribution >= 4 is 11.6 Å². The van der Waals surface area contributed by atoms with Crippen LogP contribution in [0.25, 0.3) is 0 Å². The number of nitrogen functional groups attached to an aromatic ring is 1. The van der Waals surface area contributed by atoms with Crippen molar-refractivity contribution in [1.29, 1.82) is 0 Å². The molecule has 94 valence electrons. The van der Waals surface area contributed by atoms with Crippen molar-refractivity contribution < 1.29 is 14.4 Å². The zero-order chi connectivity index (χ0) is 12.8. The third kappa shape index (κ3) is 3.96. The Bertz CT molecular complexity index is 391. The number of rotatable bonds is 5. The molecule has 0 heterocycles. The summed E-state index contributed by atoms with van der Waals surface area (Å²) in [5.74, 6) is 0.651. The molecule has 0 atom stereocenters. The maximum absolute atomic E-state index is 11.6. The number of benzene rings is 1. The molecule has 1 rings (SSSR count). The molecule has 0 aliphatic heterocycles. The Labute approximate surface area is 101 Å². The van der Waals surface area contributed by atoms with Gasteiger partial charge in [-0.2, -0.15) is 0 Å². The van der Waals surface area contributed by atoms with Crippen molar-refractivity contribution in [2.75, 3.05) is 19.5 Å². The quantitative estimate of drug-likeness (QED) is 0.603. The summed E-state index contributed by atoms with van der Waals surface area (Å²) in [5, 5.41) is 0. The number of hydrogen-bond acceptors (Lipinski definition) is 4. The molecule has 0 spiro atoms. The molecule has 0 aliphatic rings. The van der Waals surface area contributed by atoms with Crippen molar-refractivity contribution in [2.45, 2.75) is 13.8 Å². The Morgan fingerprint density at radius 2 is 2.18 bits per heavy atom. The summed E-state index contributed by atoms with van der Waals surface area (Å²) in [5.41, 5.74) is 8.65. The van der Waals surface area contributed by atoms with Gasteiger partial charge in [0.25, 0.3) is 5.91 Å². The first-order chi connectivity index (χ1) is 8.04. The highest BCUT2D eigenvalue weighted by Gasteiger charge is 2.11. The molecule has 0 fully saturated rings. The number of carbonyl (C=O) groups is 1. The standard InChI is InChI=1S/C12H18N2O3/c1-8(2)7-17-9-4-5-11(13)10(6-9)12(15)14-16-3/h4-6,8H,7,13H2,1-3H3,(H,14,15). The highest BCUT2D eigenvalue weighted by atomic mass is 16.6. The van der Waals surface area contributed by atoms with Gasteiger partial charge in [-0.05, 0) is 24.1 Å². The maximum Gasteiger partial charge on any atom is 0.277 e. The largest absolute Gasteiger partial charge is 0.493 e. The van der Waals surface area contributed by atoms with E-state index in [1.54, 1.807) is 18.2 Å². The summed E-state index contributed by atoms with van der Waals surface area (Å²) >= 11 is 0. The minimum Gasteiger partial charge on any atom is -0.493 e. The van der Waals surface area contributed by atoms with Gasteiger partial charge in [0.05, 0.1) is 19.3 Å². The molecule has 5 nitrogen and oxygen atoms in total.